The third-order valence-corrected chi connectivity index (χ3v) is 4.30. The van der Waals surface area contributed by atoms with Crippen LogP contribution in [0.4, 0.5) is 23.3 Å². The number of nitrogens with one attached hydrogen (secondary N) is 1. The Kier molecular flexibility index (Phi) is 6.85. The first-order valence-electron chi connectivity index (χ1n) is 8.91. The van der Waals surface area contributed by atoms with Crippen LogP contribution in [0.2, 0.25) is 5.02 Å². The standard InChI is InChI=1S/C19H17ClN6O6/c1-30-14-7-12(13(26(28)29)8-15(14)31-2)17(27)32-9-16-23-18(21)25-19(24-16)22-11-5-3-10(20)4-6-11/h3-8H,9H2,1-2H3,(H3,21,22,23,24,25). The first-order chi connectivity index (χ1) is 15.3. The number of aromatic nitrogens is 3. The smallest absolute Gasteiger partial charge is 0.345 e. The number of nitro groups is 1. The van der Waals surface area contributed by atoms with E-state index in [1.807, 2.05) is 0 Å². The van der Waals surface area contributed by atoms with Crippen molar-refractivity contribution in [1.29, 1.82) is 0 Å². The van der Waals surface area contributed by atoms with Crippen LogP contribution in [0, 0.1) is 10.1 Å². The Morgan fingerprint density at radius 3 is 2.41 bits per heavy atom. The Morgan fingerprint density at radius 2 is 1.78 bits per heavy atom. The van der Waals surface area contributed by atoms with E-state index in [0.29, 0.717) is 10.7 Å². The van der Waals surface area contributed by atoms with Crippen molar-refractivity contribution < 1.29 is 23.9 Å². The molecule has 0 aliphatic rings. The summed E-state index contributed by atoms with van der Waals surface area (Å²) in [4.78, 5) is 35.2. The maximum Gasteiger partial charge on any atom is 0.345 e. The molecule has 0 spiro atoms. The molecule has 0 radical (unpaired) electrons. The van der Waals surface area contributed by atoms with Crippen LogP contribution in [0.3, 0.4) is 0 Å². The number of methoxy groups -OCH3 is 2. The van der Waals surface area contributed by atoms with Crippen molar-refractivity contribution >= 4 is 40.8 Å². The summed E-state index contributed by atoms with van der Waals surface area (Å²) in [6, 6.07) is 9.00. The molecule has 0 saturated carbocycles. The Bertz CT molecular complexity index is 1160. The molecular formula is C19H17ClN6O6. The zero-order valence-electron chi connectivity index (χ0n) is 16.9. The van der Waals surface area contributed by atoms with E-state index in [0.717, 1.165) is 12.1 Å². The normalized spacial score (nSPS) is 10.3. The van der Waals surface area contributed by atoms with Crippen LogP contribution >= 0.6 is 11.6 Å². The molecule has 13 heteroatoms. The Balaban J connectivity index is 1.79. The Labute approximate surface area is 186 Å². The topological polar surface area (TPSA) is 165 Å². The lowest BCUT2D eigenvalue weighted by atomic mass is 10.1. The van der Waals surface area contributed by atoms with E-state index in [-0.39, 0.29) is 34.8 Å². The van der Waals surface area contributed by atoms with E-state index in [2.05, 4.69) is 20.3 Å². The minimum atomic E-state index is -0.983. The van der Waals surface area contributed by atoms with Crippen LogP contribution in [-0.4, -0.2) is 40.1 Å². The second-order valence-electron chi connectivity index (χ2n) is 6.12. The van der Waals surface area contributed by atoms with Gasteiger partial charge in [0.05, 0.1) is 25.2 Å². The maximum atomic E-state index is 12.6. The largest absolute Gasteiger partial charge is 0.493 e. The van der Waals surface area contributed by atoms with Gasteiger partial charge >= 0.3 is 5.97 Å². The van der Waals surface area contributed by atoms with Gasteiger partial charge in [-0.15, -0.1) is 0 Å². The van der Waals surface area contributed by atoms with Gasteiger partial charge in [0, 0.05) is 16.8 Å². The number of carbonyl (C=O) groups is 1. The third kappa shape index (κ3) is 5.29. The van der Waals surface area contributed by atoms with Gasteiger partial charge < -0.3 is 25.3 Å². The van der Waals surface area contributed by atoms with Crippen molar-refractivity contribution in [3.05, 3.63) is 62.9 Å². The van der Waals surface area contributed by atoms with E-state index >= 15 is 0 Å². The van der Waals surface area contributed by atoms with Gasteiger partial charge in [-0.25, -0.2) is 4.79 Å². The molecule has 2 aromatic carbocycles. The van der Waals surface area contributed by atoms with Crippen LogP contribution < -0.4 is 20.5 Å². The second-order valence-corrected chi connectivity index (χ2v) is 6.56. The van der Waals surface area contributed by atoms with Crippen molar-refractivity contribution in [2.24, 2.45) is 0 Å². The van der Waals surface area contributed by atoms with Gasteiger partial charge in [0.15, 0.2) is 23.9 Å². The number of nitro benzene ring substituents is 1. The third-order valence-electron chi connectivity index (χ3n) is 4.05. The second kappa shape index (κ2) is 9.75. The number of hydrogen-bond acceptors (Lipinski definition) is 11. The van der Waals surface area contributed by atoms with Gasteiger partial charge in [-0.1, -0.05) is 11.6 Å². The molecule has 32 heavy (non-hydrogen) atoms. The molecule has 0 atom stereocenters. The molecule has 3 aromatic rings. The molecule has 0 fully saturated rings. The molecule has 0 aliphatic heterocycles. The molecule has 0 unspecified atom stereocenters. The number of benzene rings is 2. The molecule has 3 rings (SSSR count). The van der Waals surface area contributed by atoms with Crippen LogP contribution in [-0.2, 0) is 11.3 Å². The summed E-state index contributed by atoms with van der Waals surface area (Å²) in [5.41, 5.74) is 5.52. The highest BCUT2D eigenvalue weighted by Crippen LogP contribution is 2.34. The van der Waals surface area contributed by atoms with Gasteiger partial charge in [0.2, 0.25) is 11.9 Å². The molecule has 3 N–H and O–H groups in total. The van der Waals surface area contributed by atoms with E-state index in [9.17, 15) is 14.9 Å². The quantitative estimate of drug-likeness (QED) is 0.288. The van der Waals surface area contributed by atoms with E-state index in [1.54, 1.807) is 24.3 Å². The number of nitrogens with two attached hydrogens (primary N) is 1. The molecule has 12 nitrogen and oxygen atoms in total. The zero-order valence-corrected chi connectivity index (χ0v) is 17.6. The highest BCUT2D eigenvalue weighted by Gasteiger charge is 2.26. The van der Waals surface area contributed by atoms with Gasteiger partial charge in [-0.3, -0.25) is 10.1 Å². The summed E-state index contributed by atoms with van der Waals surface area (Å²) >= 11 is 5.86. The summed E-state index contributed by atoms with van der Waals surface area (Å²) in [6.07, 6.45) is 0. The number of nitrogens with zero attached hydrogens (tertiary/aromatic N) is 4. The highest BCUT2D eigenvalue weighted by molar-refractivity contribution is 6.30. The Hall–Kier alpha value is -4.19. The van der Waals surface area contributed by atoms with E-state index in [1.165, 1.54) is 14.2 Å². The summed E-state index contributed by atoms with van der Waals surface area (Å²) in [5, 5.41) is 14.9. The predicted molar refractivity (Wildman–Crippen MR) is 114 cm³/mol. The van der Waals surface area contributed by atoms with Crippen LogP contribution in [0.1, 0.15) is 16.2 Å². The zero-order chi connectivity index (χ0) is 23.3. The average Bonchev–Trinajstić information content (AvgIpc) is 2.77. The molecule has 0 aliphatic carbocycles. The summed E-state index contributed by atoms with van der Waals surface area (Å²) in [7, 11) is 2.65. The van der Waals surface area contributed by atoms with Crippen molar-refractivity contribution in [3.8, 4) is 11.5 Å². The lowest BCUT2D eigenvalue weighted by molar-refractivity contribution is -0.385. The lowest BCUT2D eigenvalue weighted by Gasteiger charge is -2.11. The van der Waals surface area contributed by atoms with Crippen molar-refractivity contribution in [1.82, 2.24) is 15.0 Å². The minimum Gasteiger partial charge on any atom is -0.493 e. The predicted octanol–water partition coefficient (Wildman–Crippen LogP) is 3.13. The average molecular weight is 461 g/mol. The fraction of sp³-hybridized carbons (Fsp3) is 0.158. The van der Waals surface area contributed by atoms with E-state index < -0.39 is 23.2 Å². The fourth-order valence-corrected chi connectivity index (χ4v) is 2.74. The van der Waals surface area contributed by atoms with Gasteiger partial charge in [-0.05, 0) is 24.3 Å². The first-order valence-corrected chi connectivity index (χ1v) is 9.29. The Morgan fingerprint density at radius 1 is 1.12 bits per heavy atom. The summed E-state index contributed by atoms with van der Waals surface area (Å²) < 4.78 is 15.3. The fourth-order valence-electron chi connectivity index (χ4n) is 2.61. The van der Waals surface area contributed by atoms with Gasteiger partial charge in [0.1, 0.15) is 5.56 Å². The summed E-state index contributed by atoms with van der Waals surface area (Å²) in [5.74, 6) is -0.723. The monoisotopic (exact) mass is 460 g/mol. The number of carbonyl (C=O) groups excluding carboxylic acids is 1. The molecule has 166 valence electrons. The molecule has 1 heterocycles. The first kappa shape index (κ1) is 22.5. The van der Waals surface area contributed by atoms with Gasteiger partial charge in [-0.2, -0.15) is 15.0 Å². The van der Waals surface area contributed by atoms with Gasteiger partial charge in [0.25, 0.3) is 5.69 Å². The number of hydrogen-bond donors (Lipinski definition) is 2. The minimum absolute atomic E-state index is 0.0328. The van der Waals surface area contributed by atoms with Crippen LogP contribution in [0.5, 0.6) is 11.5 Å². The highest BCUT2D eigenvalue weighted by atomic mass is 35.5. The van der Waals surface area contributed by atoms with Crippen molar-refractivity contribution in [2.75, 3.05) is 25.3 Å². The maximum absolute atomic E-state index is 12.6. The number of esters is 1. The van der Waals surface area contributed by atoms with Crippen LogP contribution in [0.15, 0.2) is 36.4 Å². The molecular weight excluding hydrogens is 444 g/mol. The molecule has 0 bridgehead atoms. The molecule has 0 amide bonds. The summed E-state index contributed by atoms with van der Waals surface area (Å²) in [6.45, 7) is -0.410. The molecule has 1 aromatic heterocycles. The molecule has 0 saturated heterocycles. The van der Waals surface area contributed by atoms with E-state index in [4.69, 9.17) is 31.5 Å². The van der Waals surface area contributed by atoms with Crippen LogP contribution in [0.25, 0.3) is 0 Å². The number of anilines is 3. The SMILES string of the molecule is COc1cc(C(=O)OCc2nc(N)nc(Nc3ccc(Cl)cc3)n2)c([N+](=O)[O-])cc1OC. The van der Waals surface area contributed by atoms with Crippen molar-refractivity contribution in [2.45, 2.75) is 6.61 Å². The number of rotatable bonds is 8. The number of nitrogen functional groups attached to an aromatic ring is 1. The lowest BCUT2D eigenvalue weighted by Crippen LogP contribution is -2.12. The van der Waals surface area contributed by atoms with Crippen molar-refractivity contribution in [3.63, 3.8) is 0 Å². The number of ether oxygens (including phenoxy) is 3. The number of halogens is 1.